The molecule has 5 nitrogen and oxygen atoms in total. The molecule has 0 saturated heterocycles. The molecule has 2 aromatic rings. The summed E-state index contributed by atoms with van der Waals surface area (Å²) in [7, 11) is -1.71. The van der Waals surface area contributed by atoms with Gasteiger partial charge < -0.3 is 5.32 Å². The first kappa shape index (κ1) is 23.1. The highest BCUT2D eigenvalue weighted by Crippen LogP contribution is 2.27. The van der Waals surface area contributed by atoms with Crippen molar-refractivity contribution in [3.8, 4) is 11.1 Å². The van der Waals surface area contributed by atoms with Crippen LogP contribution >= 0.6 is 0 Å². The number of hydrogen-bond donors (Lipinski definition) is 2. The van der Waals surface area contributed by atoms with Crippen LogP contribution in [0.1, 0.15) is 62.4 Å². The molecule has 0 saturated carbocycles. The third-order valence-electron chi connectivity index (χ3n) is 5.28. The van der Waals surface area contributed by atoms with Crippen molar-refractivity contribution >= 4 is 15.9 Å². The van der Waals surface area contributed by atoms with Crippen molar-refractivity contribution in [3.05, 3.63) is 59.7 Å². The number of hydrogen-bond acceptors (Lipinski definition) is 3. The Morgan fingerprint density at radius 1 is 0.931 bits per heavy atom. The fourth-order valence-electron chi connectivity index (χ4n) is 3.24. The van der Waals surface area contributed by atoms with Crippen molar-refractivity contribution < 1.29 is 13.2 Å². The van der Waals surface area contributed by atoms with Crippen LogP contribution in [0.15, 0.2) is 48.5 Å². The Morgan fingerprint density at radius 3 is 1.90 bits per heavy atom. The SMILES string of the molecule is CCC[C@H](NS(=O)(=O)C(C)C)C(C)c1ccc(-c2ccc(C(=O)NC)cc2)cc1. The van der Waals surface area contributed by atoms with E-state index in [-0.39, 0.29) is 17.9 Å². The highest BCUT2D eigenvalue weighted by atomic mass is 32.2. The van der Waals surface area contributed by atoms with Gasteiger partial charge in [0, 0.05) is 18.7 Å². The summed E-state index contributed by atoms with van der Waals surface area (Å²) in [5.41, 5.74) is 3.81. The van der Waals surface area contributed by atoms with E-state index < -0.39 is 15.3 Å². The fraction of sp³-hybridized carbons (Fsp3) is 0.435. The predicted octanol–water partition coefficient (Wildman–Crippen LogP) is 4.31. The lowest BCUT2D eigenvalue weighted by Crippen LogP contribution is -2.41. The molecular formula is C23H32N2O3S. The van der Waals surface area contributed by atoms with Crippen LogP contribution in [0.3, 0.4) is 0 Å². The molecule has 2 aromatic carbocycles. The minimum atomic E-state index is -3.32. The summed E-state index contributed by atoms with van der Waals surface area (Å²) in [6.45, 7) is 7.52. The number of carbonyl (C=O) groups is 1. The Morgan fingerprint density at radius 2 is 1.45 bits per heavy atom. The Hall–Kier alpha value is -2.18. The summed E-state index contributed by atoms with van der Waals surface area (Å²) in [6.07, 6.45) is 1.70. The molecule has 158 valence electrons. The van der Waals surface area contributed by atoms with E-state index in [1.54, 1.807) is 20.9 Å². The Bertz CT molecular complexity index is 904. The topological polar surface area (TPSA) is 75.3 Å². The Labute approximate surface area is 175 Å². The smallest absolute Gasteiger partial charge is 0.251 e. The second-order valence-corrected chi connectivity index (χ2v) is 9.94. The lowest BCUT2D eigenvalue weighted by Gasteiger charge is -2.26. The summed E-state index contributed by atoms with van der Waals surface area (Å²) in [4.78, 5) is 11.7. The molecule has 6 heteroatoms. The largest absolute Gasteiger partial charge is 0.355 e. The van der Waals surface area contributed by atoms with Gasteiger partial charge in [0.15, 0.2) is 0 Å². The lowest BCUT2D eigenvalue weighted by atomic mass is 9.90. The third-order valence-corrected chi connectivity index (χ3v) is 7.16. The van der Waals surface area contributed by atoms with Crippen LogP contribution < -0.4 is 10.0 Å². The average molecular weight is 417 g/mol. The minimum Gasteiger partial charge on any atom is -0.355 e. The fourth-order valence-corrected chi connectivity index (χ4v) is 4.26. The molecule has 0 aliphatic heterocycles. The number of sulfonamides is 1. The van der Waals surface area contributed by atoms with Gasteiger partial charge in [-0.1, -0.05) is 56.7 Å². The van der Waals surface area contributed by atoms with E-state index in [1.807, 2.05) is 36.4 Å². The van der Waals surface area contributed by atoms with Gasteiger partial charge in [0.25, 0.3) is 5.91 Å². The lowest BCUT2D eigenvalue weighted by molar-refractivity contribution is 0.0963. The van der Waals surface area contributed by atoms with Gasteiger partial charge in [-0.25, -0.2) is 13.1 Å². The van der Waals surface area contributed by atoms with E-state index in [1.165, 1.54) is 0 Å². The molecule has 2 atom stereocenters. The van der Waals surface area contributed by atoms with Gasteiger partial charge in [-0.3, -0.25) is 4.79 Å². The van der Waals surface area contributed by atoms with Gasteiger partial charge in [-0.15, -0.1) is 0 Å². The van der Waals surface area contributed by atoms with Crippen molar-refractivity contribution in [1.29, 1.82) is 0 Å². The molecule has 0 radical (unpaired) electrons. The zero-order valence-corrected chi connectivity index (χ0v) is 18.7. The Kier molecular flexibility index (Phi) is 7.99. The van der Waals surface area contributed by atoms with Crippen molar-refractivity contribution in [2.75, 3.05) is 7.05 Å². The molecule has 0 fully saturated rings. The molecular weight excluding hydrogens is 384 g/mol. The normalized spacial score (nSPS) is 13.9. The number of rotatable bonds is 9. The van der Waals surface area contributed by atoms with Crippen molar-refractivity contribution in [1.82, 2.24) is 10.0 Å². The van der Waals surface area contributed by atoms with Gasteiger partial charge >= 0.3 is 0 Å². The van der Waals surface area contributed by atoms with E-state index in [0.717, 1.165) is 29.5 Å². The first-order valence-corrected chi connectivity index (χ1v) is 11.7. The van der Waals surface area contributed by atoms with Crippen LogP contribution in [0.4, 0.5) is 0 Å². The van der Waals surface area contributed by atoms with Crippen LogP contribution in [0.2, 0.25) is 0 Å². The van der Waals surface area contributed by atoms with E-state index in [0.29, 0.717) is 5.56 Å². The maximum absolute atomic E-state index is 12.3. The van der Waals surface area contributed by atoms with Crippen molar-refractivity contribution in [3.63, 3.8) is 0 Å². The van der Waals surface area contributed by atoms with E-state index in [4.69, 9.17) is 0 Å². The van der Waals surface area contributed by atoms with E-state index in [9.17, 15) is 13.2 Å². The molecule has 0 spiro atoms. The van der Waals surface area contributed by atoms with E-state index >= 15 is 0 Å². The quantitative estimate of drug-likeness (QED) is 0.639. The first-order chi connectivity index (χ1) is 13.7. The predicted molar refractivity (Wildman–Crippen MR) is 120 cm³/mol. The highest BCUT2D eigenvalue weighted by molar-refractivity contribution is 7.90. The highest BCUT2D eigenvalue weighted by Gasteiger charge is 2.25. The Balaban J connectivity index is 2.19. The van der Waals surface area contributed by atoms with Gasteiger partial charge in [-0.2, -0.15) is 0 Å². The molecule has 0 aromatic heterocycles. The molecule has 0 bridgehead atoms. The summed E-state index contributed by atoms with van der Waals surface area (Å²) in [5.74, 6) is -0.0420. The van der Waals surface area contributed by atoms with Crippen LogP contribution in [-0.2, 0) is 10.0 Å². The van der Waals surface area contributed by atoms with Crippen LogP contribution in [0.25, 0.3) is 11.1 Å². The summed E-state index contributed by atoms with van der Waals surface area (Å²) in [5, 5.41) is 2.17. The number of amides is 1. The third kappa shape index (κ3) is 5.90. The maximum Gasteiger partial charge on any atom is 0.251 e. The molecule has 2 rings (SSSR count). The standard InChI is InChI=1S/C23H32N2O3S/c1-6-7-22(25-29(27,28)16(2)3)17(4)18-8-10-19(11-9-18)20-12-14-21(15-13-20)23(26)24-5/h8-17,22,25H,6-7H2,1-5H3,(H,24,26)/t17?,22-/m0/s1. The molecule has 0 aliphatic rings. The monoisotopic (exact) mass is 416 g/mol. The van der Waals surface area contributed by atoms with Crippen molar-refractivity contribution in [2.45, 2.75) is 57.7 Å². The van der Waals surface area contributed by atoms with Gasteiger partial charge in [-0.05, 0) is 55.0 Å². The van der Waals surface area contributed by atoms with Gasteiger partial charge in [0.2, 0.25) is 10.0 Å². The average Bonchev–Trinajstić information content (AvgIpc) is 2.72. The molecule has 2 N–H and O–H groups in total. The summed E-state index contributed by atoms with van der Waals surface area (Å²) >= 11 is 0. The van der Waals surface area contributed by atoms with Gasteiger partial charge in [0.05, 0.1) is 5.25 Å². The van der Waals surface area contributed by atoms with Crippen LogP contribution in [-0.4, -0.2) is 32.7 Å². The molecule has 29 heavy (non-hydrogen) atoms. The molecule has 0 heterocycles. The zero-order valence-electron chi connectivity index (χ0n) is 17.9. The number of carbonyl (C=O) groups excluding carboxylic acids is 1. The van der Waals surface area contributed by atoms with Crippen molar-refractivity contribution in [2.24, 2.45) is 0 Å². The second-order valence-electron chi connectivity index (χ2n) is 7.67. The molecule has 0 aliphatic carbocycles. The van der Waals surface area contributed by atoms with Crippen LogP contribution in [0.5, 0.6) is 0 Å². The number of benzene rings is 2. The maximum atomic E-state index is 12.3. The van der Waals surface area contributed by atoms with E-state index in [2.05, 4.69) is 36.0 Å². The minimum absolute atomic E-state index is 0.0631. The second kappa shape index (κ2) is 10.0. The summed E-state index contributed by atoms with van der Waals surface area (Å²) in [6, 6.07) is 15.5. The molecule has 1 unspecified atom stereocenters. The first-order valence-electron chi connectivity index (χ1n) is 10.1. The van der Waals surface area contributed by atoms with Crippen LogP contribution in [0, 0.1) is 0 Å². The molecule has 1 amide bonds. The number of nitrogens with one attached hydrogen (secondary N) is 2. The van der Waals surface area contributed by atoms with Gasteiger partial charge in [0.1, 0.15) is 0 Å². The summed E-state index contributed by atoms with van der Waals surface area (Å²) < 4.78 is 27.6. The zero-order chi connectivity index (χ0) is 21.6.